The minimum absolute atomic E-state index is 0.0232. The van der Waals surface area contributed by atoms with Gasteiger partial charge in [0.15, 0.2) is 6.61 Å². The molecular formula is C28H33N3O7. The molecule has 1 atom stereocenters. The standard InChI is InChI=1S/C28H33N3O7/c1-3-37-21-8-9-22(18(2)16-21)26(33)24-25(19-4-6-20(7-5-19)38-17-23(29)32)31(28(35)27(24)34)11-10-30-12-14-36-15-13-30/h4-9,16,25,33H,3,10-15,17H2,1-2H3,(H2,29,32)/b26-24+. The lowest BCUT2D eigenvalue weighted by Gasteiger charge is -2.31. The van der Waals surface area contributed by atoms with Gasteiger partial charge in [-0.15, -0.1) is 0 Å². The molecule has 2 aromatic carbocycles. The first-order valence-electron chi connectivity index (χ1n) is 12.6. The molecule has 2 aliphatic rings. The summed E-state index contributed by atoms with van der Waals surface area (Å²) in [5, 5.41) is 11.4. The highest BCUT2D eigenvalue weighted by Crippen LogP contribution is 2.40. The number of nitrogens with two attached hydrogens (primary N) is 1. The molecule has 38 heavy (non-hydrogen) atoms. The minimum Gasteiger partial charge on any atom is -0.507 e. The monoisotopic (exact) mass is 523 g/mol. The Kier molecular flexibility index (Phi) is 8.65. The van der Waals surface area contributed by atoms with Crippen molar-refractivity contribution in [2.45, 2.75) is 19.9 Å². The highest BCUT2D eigenvalue weighted by molar-refractivity contribution is 6.46. The van der Waals surface area contributed by atoms with Crippen LogP contribution in [-0.2, 0) is 19.1 Å². The number of morpholine rings is 1. The molecule has 1 unspecified atom stereocenters. The molecule has 202 valence electrons. The Morgan fingerprint density at radius 1 is 1.05 bits per heavy atom. The summed E-state index contributed by atoms with van der Waals surface area (Å²) in [5.74, 6) is -1.18. The summed E-state index contributed by atoms with van der Waals surface area (Å²) in [6.07, 6.45) is 0. The summed E-state index contributed by atoms with van der Waals surface area (Å²) >= 11 is 0. The second-order valence-electron chi connectivity index (χ2n) is 9.18. The fraction of sp³-hybridized carbons (Fsp3) is 0.393. The fourth-order valence-electron chi connectivity index (χ4n) is 4.74. The van der Waals surface area contributed by atoms with Gasteiger partial charge in [-0.25, -0.2) is 0 Å². The molecule has 0 aliphatic carbocycles. The zero-order valence-corrected chi connectivity index (χ0v) is 21.6. The van der Waals surface area contributed by atoms with E-state index in [4.69, 9.17) is 19.9 Å². The molecule has 0 aromatic heterocycles. The molecule has 3 N–H and O–H groups in total. The first-order valence-corrected chi connectivity index (χ1v) is 12.6. The van der Waals surface area contributed by atoms with Crippen LogP contribution in [0.1, 0.15) is 29.7 Å². The van der Waals surface area contributed by atoms with E-state index < -0.39 is 23.6 Å². The number of hydrogen-bond acceptors (Lipinski definition) is 8. The van der Waals surface area contributed by atoms with Gasteiger partial charge in [0, 0.05) is 31.7 Å². The summed E-state index contributed by atoms with van der Waals surface area (Å²) in [6.45, 7) is 7.50. The number of likely N-dealkylation sites (tertiary alicyclic amines) is 1. The van der Waals surface area contributed by atoms with Crippen LogP contribution in [-0.4, -0.2) is 85.1 Å². The van der Waals surface area contributed by atoms with Gasteiger partial charge in [-0.2, -0.15) is 0 Å². The Hall–Kier alpha value is -3.89. The molecule has 2 aliphatic heterocycles. The fourth-order valence-corrected chi connectivity index (χ4v) is 4.74. The zero-order valence-electron chi connectivity index (χ0n) is 21.6. The Morgan fingerprint density at radius 2 is 1.74 bits per heavy atom. The summed E-state index contributed by atoms with van der Waals surface area (Å²) in [5.41, 5.74) is 6.97. The van der Waals surface area contributed by atoms with Crippen LogP contribution < -0.4 is 15.2 Å². The van der Waals surface area contributed by atoms with Gasteiger partial charge in [-0.05, 0) is 55.3 Å². The number of primary amides is 1. The number of carbonyl (C=O) groups excluding carboxylic acids is 3. The maximum absolute atomic E-state index is 13.3. The van der Waals surface area contributed by atoms with E-state index in [0.717, 1.165) is 13.1 Å². The van der Waals surface area contributed by atoms with Crippen LogP contribution in [0.3, 0.4) is 0 Å². The summed E-state index contributed by atoms with van der Waals surface area (Å²) in [7, 11) is 0. The predicted molar refractivity (Wildman–Crippen MR) is 140 cm³/mol. The van der Waals surface area contributed by atoms with Gasteiger partial charge >= 0.3 is 0 Å². The molecule has 2 heterocycles. The first kappa shape index (κ1) is 27.2. The molecule has 10 nitrogen and oxygen atoms in total. The molecule has 0 radical (unpaired) electrons. The van der Waals surface area contributed by atoms with E-state index in [1.165, 1.54) is 4.90 Å². The van der Waals surface area contributed by atoms with Gasteiger partial charge in [0.05, 0.1) is 31.4 Å². The summed E-state index contributed by atoms with van der Waals surface area (Å²) in [4.78, 5) is 41.4. The quantitative estimate of drug-likeness (QED) is 0.275. The number of benzene rings is 2. The first-order chi connectivity index (χ1) is 18.3. The van der Waals surface area contributed by atoms with Crippen molar-refractivity contribution >= 4 is 23.4 Å². The van der Waals surface area contributed by atoms with Gasteiger partial charge in [-0.1, -0.05) is 12.1 Å². The van der Waals surface area contributed by atoms with Gasteiger partial charge in [-0.3, -0.25) is 19.3 Å². The number of carbonyl (C=O) groups is 3. The Balaban J connectivity index is 1.71. The van der Waals surface area contributed by atoms with Crippen LogP contribution in [0.15, 0.2) is 48.0 Å². The van der Waals surface area contributed by atoms with Crippen LogP contribution >= 0.6 is 0 Å². The number of aryl methyl sites for hydroxylation is 1. The molecule has 2 aromatic rings. The van der Waals surface area contributed by atoms with Crippen molar-refractivity contribution in [1.82, 2.24) is 9.80 Å². The van der Waals surface area contributed by atoms with E-state index in [0.29, 0.717) is 61.1 Å². The highest BCUT2D eigenvalue weighted by atomic mass is 16.5. The van der Waals surface area contributed by atoms with Crippen LogP contribution in [0.5, 0.6) is 11.5 Å². The Bertz CT molecular complexity index is 1220. The van der Waals surface area contributed by atoms with Crippen LogP contribution in [0.25, 0.3) is 5.76 Å². The number of ketones is 1. The summed E-state index contributed by atoms with van der Waals surface area (Å²) < 4.78 is 16.3. The lowest BCUT2D eigenvalue weighted by Crippen LogP contribution is -2.42. The van der Waals surface area contributed by atoms with Crippen LogP contribution in [0.2, 0.25) is 0 Å². The van der Waals surface area contributed by atoms with E-state index in [1.54, 1.807) is 42.5 Å². The van der Waals surface area contributed by atoms with E-state index in [-0.39, 0.29) is 17.9 Å². The number of amides is 2. The number of aliphatic hydroxyl groups excluding tert-OH is 1. The topological polar surface area (TPSA) is 132 Å². The maximum atomic E-state index is 13.3. The Morgan fingerprint density at radius 3 is 2.37 bits per heavy atom. The number of nitrogens with zero attached hydrogens (tertiary/aromatic N) is 2. The number of hydrogen-bond donors (Lipinski definition) is 2. The van der Waals surface area contributed by atoms with E-state index in [1.807, 2.05) is 13.8 Å². The van der Waals surface area contributed by atoms with Crippen LogP contribution in [0, 0.1) is 6.92 Å². The van der Waals surface area contributed by atoms with Crippen molar-refractivity contribution < 1.29 is 33.7 Å². The predicted octanol–water partition coefficient (Wildman–Crippen LogP) is 2.01. The minimum atomic E-state index is -0.799. The van der Waals surface area contributed by atoms with Gasteiger partial charge in [0.25, 0.3) is 17.6 Å². The average molecular weight is 524 g/mol. The van der Waals surface area contributed by atoms with Crippen molar-refractivity contribution in [3.63, 3.8) is 0 Å². The van der Waals surface area contributed by atoms with E-state index in [9.17, 15) is 19.5 Å². The van der Waals surface area contributed by atoms with Crippen molar-refractivity contribution in [2.24, 2.45) is 5.73 Å². The van der Waals surface area contributed by atoms with Gasteiger partial charge in [0.2, 0.25) is 0 Å². The maximum Gasteiger partial charge on any atom is 0.295 e. The van der Waals surface area contributed by atoms with Crippen molar-refractivity contribution in [3.05, 3.63) is 64.7 Å². The van der Waals surface area contributed by atoms with Crippen LogP contribution in [0.4, 0.5) is 0 Å². The molecule has 4 rings (SSSR count). The van der Waals surface area contributed by atoms with E-state index >= 15 is 0 Å². The van der Waals surface area contributed by atoms with Crippen molar-refractivity contribution in [2.75, 3.05) is 52.6 Å². The zero-order chi connectivity index (χ0) is 27.2. The third-order valence-electron chi connectivity index (χ3n) is 6.64. The molecule has 0 saturated carbocycles. The second-order valence-corrected chi connectivity index (χ2v) is 9.18. The molecule has 0 spiro atoms. The molecule has 2 saturated heterocycles. The molecule has 0 bridgehead atoms. The lowest BCUT2D eigenvalue weighted by molar-refractivity contribution is -0.140. The van der Waals surface area contributed by atoms with E-state index in [2.05, 4.69) is 4.90 Å². The summed E-state index contributed by atoms with van der Waals surface area (Å²) in [6, 6.07) is 11.1. The lowest BCUT2D eigenvalue weighted by atomic mass is 9.94. The van der Waals surface area contributed by atoms with Gasteiger partial charge in [0.1, 0.15) is 17.3 Å². The number of ether oxygens (including phenoxy) is 3. The second kappa shape index (κ2) is 12.1. The number of rotatable bonds is 10. The van der Waals surface area contributed by atoms with Gasteiger partial charge < -0.3 is 30.0 Å². The molecule has 2 fully saturated rings. The number of Topliss-reactive ketones (excluding diaryl/α,β-unsaturated/α-hetero) is 1. The third-order valence-corrected chi connectivity index (χ3v) is 6.64. The average Bonchev–Trinajstić information content (AvgIpc) is 3.16. The van der Waals surface area contributed by atoms with Crippen molar-refractivity contribution in [3.8, 4) is 11.5 Å². The SMILES string of the molecule is CCOc1ccc(/C(O)=C2\C(=O)C(=O)N(CCN3CCOCC3)C2c2ccc(OCC(N)=O)cc2)c(C)c1. The molecule has 10 heteroatoms. The largest absolute Gasteiger partial charge is 0.507 e. The normalized spacial score (nSPS) is 19.5. The third kappa shape index (κ3) is 5.98. The smallest absolute Gasteiger partial charge is 0.295 e. The van der Waals surface area contributed by atoms with Crippen molar-refractivity contribution in [1.29, 1.82) is 0 Å². The Labute approximate surface area is 221 Å². The molecule has 2 amide bonds. The molecular weight excluding hydrogens is 490 g/mol. The number of aliphatic hydroxyl groups is 1. The highest BCUT2D eigenvalue weighted by Gasteiger charge is 2.46.